The van der Waals surface area contributed by atoms with Crippen LogP contribution in [0.5, 0.6) is 0 Å². The van der Waals surface area contributed by atoms with E-state index in [0.29, 0.717) is 11.8 Å². The zero-order chi connectivity index (χ0) is 14.6. The maximum absolute atomic E-state index is 13.1. The highest BCUT2D eigenvalue weighted by molar-refractivity contribution is 7.12. The van der Waals surface area contributed by atoms with Gasteiger partial charge in [0, 0.05) is 26.9 Å². The first-order chi connectivity index (χ1) is 9.63. The van der Waals surface area contributed by atoms with Crippen LogP contribution in [0, 0.1) is 5.82 Å². The van der Waals surface area contributed by atoms with E-state index in [2.05, 4.69) is 19.1 Å². The first kappa shape index (κ1) is 15.8. The molecule has 0 bridgehead atoms. The summed E-state index contributed by atoms with van der Waals surface area (Å²) in [6, 6.07) is 10.8. The van der Waals surface area contributed by atoms with Gasteiger partial charge in [-0.25, -0.2) is 4.39 Å². The number of thiophene rings is 1. The van der Waals surface area contributed by atoms with Gasteiger partial charge in [-0.05, 0) is 42.7 Å². The quantitative estimate of drug-likeness (QED) is 0.621. The molecule has 0 atom stereocenters. The van der Waals surface area contributed by atoms with E-state index < -0.39 is 0 Å². The Morgan fingerprint density at radius 3 is 2.10 bits per heavy atom. The normalized spacial score (nSPS) is 11.8. The van der Waals surface area contributed by atoms with Crippen LogP contribution in [0.15, 0.2) is 36.4 Å². The van der Waals surface area contributed by atoms with Gasteiger partial charge in [-0.1, -0.05) is 19.1 Å². The molecule has 0 spiro atoms. The zero-order valence-corrected chi connectivity index (χ0v) is 13.7. The molecule has 1 aromatic heterocycles. The molecule has 0 saturated heterocycles. The van der Waals surface area contributed by atoms with Crippen molar-refractivity contribution in [2.75, 3.05) is 11.8 Å². The van der Waals surface area contributed by atoms with Crippen molar-refractivity contribution >= 4 is 34.5 Å². The smallest absolute Gasteiger partial charge is 0.123 e. The number of hydrogen-bond donors (Lipinski definition) is 0. The lowest BCUT2D eigenvalue weighted by Gasteiger charge is -2.30. The van der Waals surface area contributed by atoms with Crippen LogP contribution >= 0.6 is 34.5 Å². The highest BCUT2D eigenvalue weighted by Gasteiger charge is 2.31. The number of hydrogen-bond acceptors (Lipinski definition) is 1. The second-order valence-electron chi connectivity index (χ2n) is 4.95. The minimum atomic E-state index is -0.341. The van der Waals surface area contributed by atoms with E-state index in [4.69, 9.17) is 23.2 Å². The van der Waals surface area contributed by atoms with Gasteiger partial charge in [0.25, 0.3) is 0 Å². The molecule has 0 saturated carbocycles. The number of rotatable bonds is 6. The molecule has 2 rings (SSSR count). The maximum Gasteiger partial charge on any atom is 0.123 e. The molecule has 0 aliphatic heterocycles. The van der Waals surface area contributed by atoms with Crippen molar-refractivity contribution in [1.29, 1.82) is 0 Å². The zero-order valence-electron chi connectivity index (χ0n) is 11.3. The third-order valence-corrected chi connectivity index (χ3v) is 5.80. The molecular weight excluding hydrogens is 314 g/mol. The van der Waals surface area contributed by atoms with E-state index >= 15 is 0 Å². The Balaban J connectivity index is 2.31. The Hall–Kier alpha value is -0.570. The fraction of sp³-hybridized carbons (Fsp3) is 0.375. The molecule has 4 heteroatoms. The maximum atomic E-state index is 13.1. The second kappa shape index (κ2) is 6.93. The number of aryl methyl sites for hydroxylation is 1. The average Bonchev–Trinajstić information content (AvgIpc) is 2.93. The van der Waals surface area contributed by atoms with Crippen LogP contribution in [0.4, 0.5) is 4.39 Å². The third-order valence-electron chi connectivity index (χ3n) is 3.55. The molecule has 0 fully saturated rings. The molecule has 1 heterocycles. The van der Waals surface area contributed by atoms with Gasteiger partial charge < -0.3 is 0 Å². The van der Waals surface area contributed by atoms with Gasteiger partial charge in [0.15, 0.2) is 0 Å². The summed E-state index contributed by atoms with van der Waals surface area (Å²) in [6.45, 7) is 2.14. The summed E-state index contributed by atoms with van der Waals surface area (Å²) < 4.78 is 13.1. The first-order valence-electron chi connectivity index (χ1n) is 6.59. The SMILES string of the molecule is CCc1ccc(CC(CCl)(CCl)c2ccc(F)cc2)s1. The van der Waals surface area contributed by atoms with Crippen LogP contribution in [0.3, 0.4) is 0 Å². The average molecular weight is 331 g/mol. The topological polar surface area (TPSA) is 0 Å². The molecule has 2 aromatic rings. The van der Waals surface area contributed by atoms with E-state index in [-0.39, 0.29) is 11.2 Å². The summed E-state index contributed by atoms with van der Waals surface area (Å²) in [5, 5.41) is 0. The molecule has 0 unspecified atom stereocenters. The van der Waals surface area contributed by atoms with E-state index in [1.54, 1.807) is 23.5 Å². The predicted octanol–water partition coefficient (Wildman–Crippen LogP) is 5.41. The van der Waals surface area contributed by atoms with Gasteiger partial charge in [0.2, 0.25) is 0 Å². The van der Waals surface area contributed by atoms with E-state index in [0.717, 1.165) is 18.4 Å². The lowest BCUT2D eigenvalue weighted by molar-refractivity contribution is 0.538. The van der Waals surface area contributed by atoms with Crippen LogP contribution in [-0.4, -0.2) is 11.8 Å². The lowest BCUT2D eigenvalue weighted by atomic mass is 9.80. The predicted molar refractivity (Wildman–Crippen MR) is 86.9 cm³/mol. The summed E-state index contributed by atoms with van der Waals surface area (Å²) in [4.78, 5) is 2.63. The molecular formula is C16H17Cl2FS. The minimum absolute atomic E-state index is 0.240. The van der Waals surface area contributed by atoms with E-state index in [9.17, 15) is 4.39 Å². The van der Waals surface area contributed by atoms with Gasteiger partial charge in [-0.3, -0.25) is 0 Å². The van der Waals surface area contributed by atoms with Crippen molar-refractivity contribution in [2.45, 2.75) is 25.2 Å². The van der Waals surface area contributed by atoms with Gasteiger partial charge in [0.05, 0.1) is 0 Å². The molecule has 1 aromatic carbocycles. The number of benzene rings is 1. The summed E-state index contributed by atoms with van der Waals surface area (Å²) in [7, 11) is 0. The van der Waals surface area contributed by atoms with Crippen molar-refractivity contribution in [1.82, 2.24) is 0 Å². The Morgan fingerprint density at radius 2 is 1.60 bits per heavy atom. The van der Waals surface area contributed by atoms with Crippen molar-refractivity contribution in [3.63, 3.8) is 0 Å². The van der Waals surface area contributed by atoms with Gasteiger partial charge >= 0.3 is 0 Å². The molecule has 0 aliphatic carbocycles. The molecule has 0 nitrogen and oxygen atoms in total. The monoisotopic (exact) mass is 330 g/mol. The van der Waals surface area contributed by atoms with Crippen LogP contribution in [0.2, 0.25) is 0 Å². The fourth-order valence-corrected chi connectivity index (χ4v) is 4.12. The van der Waals surface area contributed by atoms with Gasteiger partial charge in [0.1, 0.15) is 5.82 Å². The number of halogens is 3. The van der Waals surface area contributed by atoms with E-state index in [1.807, 2.05) is 0 Å². The molecule has 0 amide bonds. The molecule has 0 N–H and O–H groups in total. The van der Waals surface area contributed by atoms with Crippen molar-refractivity contribution in [2.24, 2.45) is 0 Å². The van der Waals surface area contributed by atoms with Crippen LogP contribution < -0.4 is 0 Å². The Morgan fingerprint density at radius 1 is 1.00 bits per heavy atom. The highest BCUT2D eigenvalue weighted by atomic mass is 35.5. The molecule has 20 heavy (non-hydrogen) atoms. The fourth-order valence-electron chi connectivity index (χ4n) is 2.23. The summed E-state index contributed by atoms with van der Waals surface area (Å²) in [6.07, 6.45) is 1.83. The Labute approximate surface area is 133 Å². The summed E-state index contributed by atoms with van der Waals surface area (Å²) in [5.41, 5.74) is 0.655. The molecule has 0 aliphatic rings. The van der Waals surface area contributed by atoms with Gasteiger partial charge in [-0.15, -0.1) is 34.5 Å². The third kappa shape index (κ3) is 3.36. The Kier molecular flexibility index (Phi) is 5.48. The standard InChI is InChI=1S/C16H17Cl2FS/c1-2-14-7-8-15(20-14)9-16(10-17,11-18)12-3-5-13(19)6-4-12/h3-8H,2,9-11H2,1H3. The van der Waals surface area contributed by atoms with Crippen LogP contribution in [0.1, 0.15) is 22.2 Å². The number of alkyl halides is 2. The lowest BCUT2D eigenvalue weighted by Crippen LogP contribution is -2.33. The van der Waals surface area contributed by atoms with Crippen molar-refractivity contribution in [3.8, 4) is 0 Å². The van der Waals surface area contributed by atoms with Crippen LogP contribution in [-0.2, 0) is 18.3 Å². The van der Waals surface area contributed by atoms with Gasteiger partial charge in [-0.2, -0.15) is 0 Å². The summed E-state index contributed by atoms with van der Waals surface area (Å²) in [5.74, 6) is 0.597. The summed E-state index contributed by atoms with van der Waals surface area (Å²) >= 11 is 14.2. The minimum Gasteiger partial charge on any atom is -0.207 e. The Bertz CT molecular complexity index is 544. The largest absolute Gasteiger partial charge is 0.207 e. The van der Waals surface area contributed by atoms with Crippen molar-refractivity contribution in [3.05, 3.63) is 57.5 Å². The first-order valence-corrected chi connectivity index (χ1v) is 8.47. The van der Waals surface area contributed by atoms with Crippen LogP contribution in [0.25, 0.3) is 0 Å². The second-order valence-corrected chi connectivity index (χ2v) is 6.74. The molecule has 108 valence electrons. The highest BCUT2D eigenvalue weighted by Crippen LogP contribution is 2.34. The molecule has 0 radical (unpaired) electrons. The van der Waals surface area contributed by atoms with E-state index in [1.165, 1.54) is 21.9 Å². The van der Waals surface area contributed by atoms with Crippen molar-refractivity contribution < 1.29 is 4.39 Å².